The summed E-state index contributed by atoms with van der Waals surface area (Å²) in [5.74, 6) is -2.45. The summed E-state index contributed by atoms with van der Waals surface area (Å²) in [6, 6.07) is -2.43. The molecule has 1 heterocycles. The van der Waals surface area contributed by atoms with E-state index in [-0.39, 0.29) is 6.04 Å². The third-order valence-electron chi connectivity index (χ3n) is 7.99. The first-order valence-electron chi connectivity index (χ1n) is 13.8. The quantitative estimate of drug-likeness (QED) is 0.220. The van der Waals surface area contributed by atoms with Crippen molar-refractivity contribution in [3.8, 4) is 0 Å². The molecule has 0 bridgehead atoms. The zero-order chi connectivity index (χ0) is 29.0. The first-order valence-corrected chi connectivity index (χ1v) is 15.0. The van der Waals surface area contributed by atoms with Crippen LogP contribution >= 0.6 is 0 Å². The Hall–Kier alpha value is -2.54. The van der Waals surface area contributed by atoms with Crippen LogP contribution in [0.3, 0.4) is 0 Å². The van der Waals surface area contributed by atoms with E-state index in [0.29, 0.717) is 32.2 Å². The first-order chi connectivity index (χ1) is 18.2. The highest BCUT2D eigenvalue weighted by Gasteiger charge is 2.44. The van der Waals surface area contributed by atoms with E-state index in [2.05, 4.69) is 21.3 Å². The zero-order valence-corrected chi connectivity index (χ0v) is 24.1. The van der Waals surface area contributed by atoms with Gasteiger partial charge in [0.25, 0.3) is 5.91 Å². The lowest BCUT2D eigenvalue weighted by Crippen LogP contribution is -2.64. The number of nitrogens with one attached hydrogen (secondary N) is 4. The molecule has 0 aromatic carbocycles. The minimum absolute atomic E-state index is 0.0257. The molecule has 13 heteroatoms. The van der Waals surface area contributed by atoms with Crippen molar-refractivity contribution < 1.29 is 32.7 Å². The van der Waals surface area contributed by atoms with Crippen LogP contribution in [0.15, 0.2) is 0 Å². The summed E-state index contributed by atoms with van der Waals surface area (Å²) in [5.41, 5.74) is -1.64. The van der Waals surface area contributed by atoms with Gasteiger partial charge in [0.15, 0.2) is 0 Å². The Morgan fingerprint density at radius 3 is 2.23 bits per heavy atom. The van der Waals surface area contributed by atoms with Crippen molar-refractivity contribution in [2.24, 2.45) is 5.41 Å². The summed E-state index contributed by atoms with van der Waals surface area (Å²) in [6.45, 7) is 6.81. The standard InChI is InChI=1S/C26H43N5O7S/c1-16(39(37)38)26(12-6-5-7-13-26)30-24(36)29-20(25(2,3)4)23(35)31-14-8-9-18(31)21(33)27-15-19(32)22(34)28-17-10-11-17/h16-18,20H,5-15H2,1-4H3,(H,27,33)(H,28,34)(H,37,38)(H2,29,30,36)/p-1/t16-,18-,20+/m0/s1. The number of hydrogen-bond acceptors (Lipinski definition) is 7. The molecule has 5 amide bonds. The summed E-state index contributed by atoms with van der Waals surface area (Å²) in [7, 11) is 0. The second kappa shape index (κ2) is 12.8. The van der Waals surface area contributed by atoms with Crippen molar-refractivity contribution in [1.29, 1.82) is 0 Å². The van der Waals surface area contributed by atoms with Gasteiger partial charge in [0, 0.05) is 17.8 Å². The number of ketones is 1. The lowest BCUT2D eigenvalue weighted by molar-refractivity contribution is -0.142. The van der Waals surface area contributed by atoms with Crippen molar-refractivity contribution in [3.63, 3.8) is 0 Å². The Morgan fingerprint density at radius 2 is 1.67 bits per heavy atom. The summed E-state index contributed by atoms with van der Waals surface area (Å²) in [4.78, 5) is 65.2. The average Bonchev–Trinajstić information content (AvgIpc) is 3.55. The van der Waals surface area contributed by atoms with Gasteiger partial charge in [-0.2, -0.15) is 0 Å². The Morgan fingerprint density at radius 1 is 1.03 bits per heavy atom. The summed E-state index contributed by atoms with van der Waals surface area (Å²) >= 11 is -2.38. The van der Waals surface area contributed by atoms with Gasteiger partial charge in [-0.3, -0.25) is 23.4 Å². The highest BCUT2D eigenvalue weighted by molar-refractivity contribution is 7.79. The fraction of sp³-hybridized carbons (Fsp3) is 0.808. The fourth-order valence-corrected chi connectivity index (χ4v) is 6.03. The minimum Gasteiger partial charge on any atom is -0.772 e. The number of carbonyl (C=O) groups excluding carboxylic acids is 5. The second-order valence-electron chi connectivity index (χ2n) is 12.1. The van der Waals surface area contributed by atoms with Crippen LogP contribution in [0.5, 0.6) is 0 Å². The van der Waals surface area contributed by atoms with Gasteiger partial charge in [-0.25, -0.2) is 4.79 Å². The monoisotopic (exact) mass is 568 g/mol. The second-order valence-corrected chi connectivity index (χ2v) is 13.3. The molecule has 39 heavy (non-hydrogen) atoms. The maximum Gasteiger partial charge on any atom is 0.315 e. The van der Waals surface area contributed by atoms with E-state index in [1.165, 1.54) is 4.90 Å². The molecule has 4 N–H and O–H groups in total. The molecular weight excluding hydrogens is 526 g/mol. The lowest BCUT2D eigenvalue weighted by Gasteiger charge is -2.44. The molecule has 3 rings (SSSR count). The van der Waals surface area contributed by atoms with E-state index in [1.807, 2.05) is 0 Å². The largest absolute Gasteiger partial charge is 0.772 e. The molecule has 1 saturated heterocycles. The first kappa shape index (κ1) is 31.0. The van der Waals surface area contributed by atoms with Gasteiger partial charge in [-0.1, -0.05) is 51.1 Å². The van der Waals surface area contributed by atoms with Crippen molar-refractivity contribution >= 4 is 40.6 Å². The molecule has 12 nitrogen and oxygen atoms in total. The van der Waals surface area contributed by atoms with E-state index in [1.54, 1.807) is 27.7 Å². The SMILES string of the molecule is C[C@H](S(=O)[O-])C1(NC(=O)N[C@H](C(=O)N2CCC[C@H]2C(=O)NCC(=O)C(=O)NC2CC2)C(C)(C)C)CCCCC1. The van der Waals surface area contributed by atoms with Gasteiger partial charge in [0.2, 0.25) is 17.6 Å². The number of urea groups is 1. The highest BCUT2D eigenvalue weighted by Crippen LogP contribution is 2.33. The van der Waals surface area contributed by atoms with Crippen LogP contribution in [0.1, 0.15) is 85.5 Å². The van der Waals surface area contributed by atoms with Gasteiger partial charge >= 0.3 is 6.03 Å². The third-order valence-corrected chi connectivity index (χ3v) is 9.02. The molecule has 0 aromatic rings. The van der Waals surface area contributed by atoms with Gasteiger partial charge in [-0.15, -0.1) is 0 Å². The predicted molar refractivity (Wildman–Crippen MR) is 143 cm³/mol. The lowest BCUT2D eigenvalue weighted by atomic mass is 9.79. The number of likely N-dealkylation sites (tertiary alicyclic amines) is 1. The van der Waals surface area contributed by atoms with Crippen molar-refractivity contribution in [2.75, 3.05) is 13.1 Å². The maximum absolute atomic E-state index is 13.7. The molecule has 3 fully saturated rings. The summed E-state index contributed by atoms with van der Waals surface area (Å²) in [6.07, 6.45) is 6.22. The van der Waals surface area contributed by atoms with Gasteiger partial charge in [0.1, 0.15) is 12.1 Å². The minimum atomic E-state index is -2.38. The number of hydrogen-bond donors (Lipinski definition) is 4. The van der Waals surface area contributed by atoms with Crippen molar-refractivity contribution in [2.45, 2.75) is 114 Å². The van der Waals surface area contributed by atoms with Crippen molar-refractivity contribution in [1.82, 2.24) is 26.2 Å². The average molecular weight is 569 g/mol. The number of amides is 5. The molecule has 1 unspecified atom stereocenters. The molecule has 3 aliphatic rings. The van der Waals surface area contributed by atoms with E-state index < -0.39 is 75.4 Å². The molecule has 0 aromatic heterocycles. The van der Waals surface area contributed by atoms with Crippen LogP contribution in [0, 0.1) is 5.41 Å². The van der Waals surface area contributed by atoms with Gasteiger partial charge in [-0.05, 0) is 50.9 Å². The van der Waals surface area contributed by atoms with E-state index in [0.717, 1.165) is 32.1 Å². The van der Waals surface area contributed by atoms with Crippen molar-refractivity contribution in [3.05, 3.63) is 0 Å². The molecular formula is C26H42N5O7S-. The number of rotatable bonds is 10. The van der Waals surface area contributed by atoms with Crippen LogP contribution in [-0.2, 0) is 30.3 Å². The van der Waals surface area contributed by atoms with Crippen LogP contribution in [0.2, 0.25) is 0 Å². The Kier molecular flexibility index (Phi) is 10.1. The highest BCUT2D eigenvalue weighted by atomic mass is 32.2. The van der Waals surface area contributed by atoms with Crippen LogP contribution < -0.4 is 21.3 Å². The molecule has 0 radical (unpaired) electrons. The molecule has 0 spiro atoms. The van der Waals surface area contributed by atoms with E-state index in [4.69, 9.17) is 0 Å². The molecule has 2 aliphatic carbocycles. The van der Waals surface area contributed by atoms with Crippen LogP contribution in [0.25, 0.3) is 0 Å². The van der Waals surface area contributed by atoms with Gasteiger partial charge < -0.3 is 30.7 Å². The Labute approximate surface area is 232 Å². The van der Waals surface area contributed by atoms with Crippen LogP contribution in [0.4, 0.5) is 4.79 Å². The number of Topliss-reactive ketones (excluding diaryl/α,β-unsaturated/α-hetero) is 1. The molecule has 2 saturated carbocycles. The smallest absolute Gasteiger partial charge is 0.315 e. The summed E-state index contributed by atoms with van der Waals surface area (Å²) in [5, 5.41) is 9.92. The van der Waals surface area contributed by atoms with Crippen LogP contribution in [-0.4, -0.2) is 85.2 Å². The molecule has 4 atom stereocenters. The fourth-order valence-electron chi connectivity index (χ4n) is 5.37. The van der Waals surface area contributed by atoms with Gasteiger partial charge in [0.05, 0.1) is 12.1 Å². The molecule has 220 valence electrons. The molecule has 1 aliphatic heterocycles. The zero-order valence-electron chi connectivity index (χ0n) is 23.3. The maximum atomic E-state index is 13.7. The predicted octanol–water partition coefficient (Wildman–Crippen LogP) is 0.626. The van der Waals surface area contributed by atoms with E-state index in [9.17, 15) is 32.7 Å². The Bertz CT molecular complexity index is 988. The third kappa shape index (κ3) is 8.00. The Balaban J connectivity index is 1.66. The number of nitrogens with zero attached hydrogens (tertiary/aromatic N) is 1. The topological polar surface area (TPSA) is 177 Å². The normalized spacial score (nSPS) is 23.2. The number of carbonyl (C=O) groups is 5. The van der Waals surface area contributed by atoms with E-state index >= 15 is 0 Å². The summed E-state index contributed by atoms with van der Waals surface area (Å²) < 4.78 is 23.6.